The van der Waals surface area contributed by atoms with Crippen molar-refractivity contribution in [3.8, 4) is 0 Å². The summed E-state index contributed by atoms with van der Waals surface area (Å²) >= 11 is 0. The number of imide groups is 1. The normalized spacial score (nSPS) is 19.7. The lowest BCUT2D eigenvalue weighted by molar-refractivity contribution is -0.139. The van der Waals surface area contributed by atoms with Crippen LogP contribution in [0.25, 0.3) is 0 Å². The summed E-state index contributed by atoms with van der Waals surface area (Å²) in [5.41, 5.74) is 1.24. The van der Waals surface area contributed by atoms with Gasteiger partial charge in [0.25, 0.3) is 5.91 Å². The van der Waals surface area contributed by atoms with E-state index in [1.807, 2.05) is 0 Å². The topological polar surface area (TPSA) is 74.7 Å². The van der Waals surface area contributed by atoms with Gasteiger partial charge < -0.3 is 5.11 Å². The lowest BCUT2D eigenvalue weighted by Crippen LogP contribution is -2.50. The maximum atomic E-state index is 12.5. The van der Waals surface area contributed by atoms with Crippen molar-refractivity contribution < 1.29 is 19.5 Å². The number of carboxylic acids is 1. The fraction of sp³-hybridized carbons (Fsp3) is 0.400. The molecule has 2 amide bonds. The molecular weight excluding hydrogens is 258 g/mol. The number of carboxylic acid groups (broad SMARTS) is 1. The average molecular weight is 273 g/mol. The molecule has 2 aliphatic rings. The first-order chi connectivity index (χ1) is 9.58. The van der Waals surface area contributed by atoms with E-state index in [-0.39, 0.29) is 30.6 Å². The largest absolute Gasteiger partial charge is 0.481 e. The van der Waals surface area contributed by atoms with Crippen LogP contribution in [-0.4, -0.2) is 33.8 Å². The molecule has 20 heavy (non-hydrogen) atoms. The van der Waals surface area contributed by atoms with Crippen LogP contribution in [-0.2, 0) is 16.0 Å². The molecule has 0 spiro atoms. The van der Waals surface area contributed by atoms with Gasteiger partial charge in [0, 0.05) is 5.56 Å². The molecule has 0 radical (unpaired) electrons. The molecule has 1 unspecified atom stereocenters. The van der Waals surface area contributed by atoms with Gasteiger partial charge in [-0.25, -0.2) is 0 Å². The van der Waals surface area contributed by atoms with E-state index >= 15 is 0 Å². The second kappa shape index (κ2) is 4.74. The summed E-state index contributed by atoms with van der Waals surface area (Å²) in [6.45, 7) is 0. The summed E-state index contributed by atoms with van der Waals surface area (Å²) < 4.78 is 0. The Morgan fingerprint density at radius 1 is 1.30 bits per heavy atom. The molecule has 1 aromatic rings. The van der Waals surface area contributed by atoms with Gasteiger partial charge >= 0.3 is 5.97 Å². The molecule has 3 rings (SSSR count). The molecular formula is C15H15NO4. The van der Waals surface area contributed by atoms with Crippen LogP contribution in [0, 0.1) is 5.92 Å². The maximum Gasteiger partial charge on any atom is 0.305 e. The lowest BCUT2D eigenvalue weighted by Gasteiger charge is -2.33. The van der Waals surface area contributed by atoms with E-state index in [1.54, 1.807) is 24.3 Å². The first kappa shape index (κ1) is 12.8. The van der Waals surface area contributed by atoms with Crippen molar-refractivity contribution in [1.29, 1.82) is 0 Å². The number of aliphatic carboxylic acids is 1. The second-order valence-corrected chi connectivity index (χ2v) is 5.41. The van der Waals surface area contributed by atoms with Crippen LogP contribution in [0.5, 0.6) is 0 Å². The Hall–Kier alpha value is -2.17. The van der Waals surface area contributed by atoms with Gasteiger partial charge in [0.15, 0.2) is 0 Å². The third kappa shape index (κ3) is 2.19. The van der Waals surface area contributed by atoms with E-state index in [0.29, 0.717) is 5.56 Å². The first-order valence-corrected chi connectivity index (χ1v) is 6.74. The molecule has 1 aliphatic carbocycles. The fourth-order valence-corrected chi connectivity index (χ4v) is 2.84. The lowest BCUT2D eigenvalue weighted by atomic mass is 9.95. The van der Waals surface area contributed by atoms with Gasteiger partial charge in [-0.3, -0.25) is 19.3 Å². The standard InChI is InChI=1S/C15H15NO4/c17-13-7-10-3-1-2-4-11(10)15(20)16(13)12(8-14(18)19)9-5-6-9/h1-4,9,12H,5-8H2,(H,18,19). The van der Waals surface area contributed by atoms with Crippen LogP contribution in [0.4, 0.5) is 0 Å². The zero-order chi connectivity index (χ0) is 14.3. The van der Waals surface area contributed by atoms with Crippen LogP contribution in [0.3, 0.4) is 0 Å². The van der Waals surface area contributed by atoms with E-state index in [2.05, 4.69) is 0 Å². The number of hydrogen-bond donors (Lipinski definition) is 1. The Bertz CT molecular complexity index is 591. The molecule has 0 bridgehead atoms. The van der Waals surface area contributed by atoms with Gasteiger partial charge in [-0.2, -0.15) is 0 Å². The number of rotatable bonds is 4. The highest BCUT2D eigenvalue weighted by molar-refractivity contribution is 6.10. The second-order valence-electron chi connectivity index (χ2n) is 5.41. The molecule has 5 nitrogen and oxygen atoms in total. The summed E-state index contributed by atoms with van der Waals surface area (Å²) in [6, 6.07) is 6.52. The third-order valence-electron chi connectivity index (χ3n) is 3.96. The highest BCUT2D eigenvalue weighted by atomic mass is 16.4. The molecule has 1 atom stereocenters. The third-order valence-corrected chi connectivity index (χ3v) is 3.96. The number of benzene rings is 1. The Labute approximate surface area is 116 Å². The zero-order valence-electron chi connectivity index (χ0n) is 10.9. The Morgan fingerprint density at radius 3 is 2.65 bits per heavy atom. The molecule has 0 saturated heterocycles. The Balaban J connectivity index is 1.94. The van der Waals surface area contributed by atoms with Gasteiger partial charge in [-0.05, 0) is 30.4 Å². The van der Waals surface area contributed by atoms with Crippen molar-refractivity contribution in [3.63, 3.8) is 0 Å². The van der Waals surface area contributed by atoms with Gasteiger partial charge in [0.1, 0.15) is 0 Å². The van der Waals surface area contributed by atoms with E-state index in [9.17, 15) is 14.4 Å². The summed E-state index contributed by atoms with van der Waals surface area (Å²) in [6.07, 6.45) is 1.78. The van der Waals surface area contributed by atoms with Crippen LogP contribution in [0.2, 0.25) is 0 Å². The zero-order valence-corrected chi connectivity index (χ0v) is 10.9. The predicted molar refractivity (Wildman–Crippen MR) is 70.1 cm³/mol. The molecule has 1 saturated carbocycles. The summed E-state index contributed by atoms with van der Waals surface area (Å²) in [7, 11) is 0. The Morgan fingerprint density at radius 2 is 2.00 bits per heavy atom. The van der Waals surface area contributed by atoms with E-state index in [4.69, 9.17) is 5.11 Å². The molecule has 1 aliphatic heterocycles. The molecule has 1 aromatic carbocycles. The summed E-state index contributed by atoms with van der Waals surface area (Å²) in [4.78, 5) is 36.9. The van der Waals surface area contributed by atoms with E-state index < -0.39 is 12.0 Å². The van der Waals surface area contributed by atoms with E-state index in [0.717, 1.165) is 18.4 Å². The van der Waals surface area contributed by atoms with Crippen molar-refractivity contribution in [2.45, 2.75) is 31.7 Å². The fourth-order valence-electron chi connectivity index (χ4n) is 2.84. The van der Waals surface area contributed by atoms with Crippen molar-refractivity contribution in [1.82, 2.24) is 4.90 Å². The maximum absolute atomic E-state index is 12.5. The van der Waals surface area contributed by atoms with Gasteiger partial charge in [-0.15, -0.1) is 0 Å². The van der Waals surface area contributed by atoms with Crippen LogP contribution >= 0.6 is 0 Å². The Kier molecular flexibility index (Phi) is 3.04. The number of nitrogens with zero attached hydrogens (tertiary/aromatic N) is 1. The summed E-state index contributed by atoms with van der Waals surface area (Å²) in [5, 5.41) is 9.01. The molecule has 0 aromatic heterocycles. The number of amides is 2. The minimum absolute atomic E-state index is 0.143. The highest BCUT2D eigenvalue weighted by Crippen LogP contribution is 2.38. The van der Waals surface area contributed by atoms with Crippen molar-refractivity contribution >= 4 is 17.8 Å². The monoisotopic (exact) mass is 273 g/mol. The molecule has 1 heterocycles. The number of carbonyl (C=O) groups excluding carboxylic acids is 2. The number of fused-ring (bicyclic) bond motifs is 1. The van der Waals surface area contributed by atoms with Gasteiger partial charge in [-0.1, -0.05) is 18.2 Å². The van der Waals surface area contributed by atoms with Crippen molar-refractivity contribution in [3.05, 3.63) is 35.4 Å². The van der Waals surface area contributed by atoms with Crippen LogP contribution in [0.1, 0.15) is 35.2 Å². The molecule has 104 valence electrons. The molecule has 1 N–H and O–H groups in total. The van der Waals surface area contributed by atoms with Crippen molar-refractivity contribution in [2.75, 3.05) is 0 Å². The molecule has 5 heteroatoms. The quantitative estimate of drug-likeness (QED) is 0.843. The van der Waals surface area contributed by atoms with Gasteiger partial charge in [0.05, 0.1) is 18.9 Å². The minimum Gasteiger partial charge on any atom is -0.481 e. The van der Waals surface area contributed by atoms with Crippen LogP contribution < -0.4 is 0 Å². The predicted octanol–water partition coefficient (Wildman–Crippen LogP) is 1.46. The van der Waals surface area contributed by atoms with Gasteiger partial charge in [0.2, 0.25) is 5.91 Å². The van der Waals surface area contributed by atoms with E-state index in [1.165, 1.54) is 4.90 Å². The highest BCUT2D eigenvalue weighted by Gasteiger charge is 2.43. The van der Waals surface area contributed by atoms with Crippen LogP contribution in [0.15, 0.2) is 24.3 Å². The summed E-state index contributed by atoms with van der Waals surface area (Å²) in [5.74, 6) is -1.47. The van der Waals surface area contributed by atoms with Crippen molar-refractivity contribution in [2.24, 2.45) is 5.92 Å². The SMILES string of the molecule is O=C(O)CC(C1CC1)N1C(=O)Cc2ccccc2C1=O. The first-order valence-electron chi connectivity index (χ1n) is 6.74. The number of carbonyl (C=O) groups is 3. The minimum atomic E-state index is -0.971. The molecule has 1 fully saturated rings. The average Bonchev–Trinajstić information content (AvgIpc) is 3.21. The smallest absolute Gasteiger partial charge is 0.305 e. The number of hydrogen-bond acceptors (Lipinski definition) is 3.